The van der Waals surface area contributed by atoms with E-state index in [2.05, 4.69) is 42.1 Å². The molecule has 3 heteroatoms. The van der Waals surface area contributed by atoms with Crippen molar-refractivity contribution in [1.82, 2.24) is 15.1 Å². The smallest absolute Gasteiger partial charge is 0.0534 e. The highest BCUT2D eigenvalue weighted by atomic mass is 15.3. The van der Waals surface area contributed by atoms with Gasteiger partial charge in [-0.1, -0.05) is 13.3 Å². The van der Waals surface area contributed by atoms with Crippen LogP contribution in [0, 0.1) is 5.92 Å². The van der Waals surface area contributed by atoms with Crippen molar-refractivity contribution in [2.45, 2.75) is 65.1 Å². The number of nitrogens with zero attached hydrogens (tertiary/aromatic N) is 2. The molecule has 1 aromatic rings. The quantitative estimate of drug-likeness (QED) is 0.821. The first-order valence-corrected chi connectivity index (χ1v) is 6.85. The Kier molecular flexibility index (Phi) is 3.87. The standard InChI is InChI=1S/C14H25N3/c1-4-14(2,3)15-8-13-9-16-17(11-13)10-12-6-5-7-12/h9,11-12,15H,4-8,10H2,1-3H3. The summed E-state index contributed by atoms with van der Waals surface area (Å²) in [6, 6.07) is 0. The lowest BCUT2D eigenvalue weighted by molar-refractivity contribution is 0.266. The Morgan fingerprint density at radius 1 is 1.47 bits per heavy atom. The molecule has 0 atom stereocenters. The molecule has 17 heavy (non-hydrogen) atoms. The second kappa shape index (κ2) is 5.21. The monoisotopic (exact) mass is 235 g/mol. The molecule has 1 fully saturated rings. The first-order chi connectivity index (χ1) is 8.09. The van der Waals surface area contributed by atoms with Crippen molar-refractivity contribution in [2.24, 2.45) is 5.92 Å². The summed E-state index contributed by atoms with van der Waals surface area (Å²) in [5, 5.41) is 8.01. The number of hydrogen-bond acceptors (Lipinski definition) is 2. The van der Waals surface area contributed by atoms with E-state index in [1.54, 1.807) is 0 Å². The Labute approximate surface area is 105 Å². The van der Waals surface area contributed by atoms with Crippen molar-refractivity contribution in [3.05, 3.63) is 18.0 Å². The summed E-state index contributed by atoms with van der Waals surface area (Å²) in [6.45, 7) is 8.73. The van der Waals surface area contributed by atoms with Crippen LogP contribution < -0.4 is 5.32 Å². The van der Waals surface area contributed by atoms with E-state index in [0.29, 0.717) is 0 Å². The molecule has 0 aromatic carbocycles. The summed E-state index contributed by atoms with van der Waals surface area (Å²) < 4.78 is 2.11. The summed E-state index contributed by atoms with van der Waals surface area (Å²) in [7, 11) is 0. The highest BCUT2D eigenvalue weighted by Gasteiger charge is 2.18. The number of hydrogen-bond donors (Lipinski definition) is 1. The molecule has 0 saturated heterocycles. The van der Waals surface area contributed by atoms with Gasteiger partial charge in [0.1, 0.15) is 0 Å². The molecule has 0 aliphatic heterocycles. The van der Waals surface area contributed by atoms with E-state index in [1.165, 1.54) is 24.8 Å². The number of aromatic nitrogens is 2. The van der Waals surface area contributed by atoms with Crippen LogP contribution in [0.4, 0.5) is 0 Å². The van der Waals surface area contributed by atoms with Crippen LogP contribution in [0.5, 0.6) is 0 Å². The van der Waals surface area contributed by atoms with E-state index in [-0.39, 0.29) is 5.54 Å². The van der Waals surface area contributed by atoms with Gasteiger partial charge in [-0.3, -0.25) is 4.68 Å². The summed E-state index contributed by atoms with van der Waals surface area (Å²) in [5.74, 6) is 0.878. The van der Waals surface area contributed by atoms with Crippen molar-refractivity contribution in [3.63, 3.8) is 0 Å². The van der Waals surface area contributed by atoms with E-state index in [4.69, 9.17) is 0 Å². The van der Waals surface area contributed by atoms with Gasteiger partial charge in [0.25, 0.3) is 0 Å². The third kappa shape index (κ3) is 3.56. The van der Waals surface area contributed by atoms with Gasteiger partial charge in [-0.05, 0) is 39.0 Å². The Morgan fingerprint density at radius 2 is 2.24 bits per heavy atom. The minimum atomic E-state index is 0.218. The zero-order valence-electron chi connectivity index (χ0n) is 11.4. The van der Waals surface area contributed by atoms with Crippen LogP contribution in [0.1, 0.15) is 52.0 Å². The molecule has 2 rings (SSSR count). The molecule has 1 aromatic heterocycles. The zero-order valence-corrected chi connectivity index (χ0v) is 11.4. The number of rotatable bonds is 6. The minimum absolute atomic E-state index is 0.218. The third-order valence-corrected chi connectivity index (χ3v) is 4.01. The number of nitrogens with one attached hydrogen (secondary N) is 1. The Balaban J connectivity index is 1.81. The van der Waals surface area contributed by atoms with Crippen molar-refractivity contribution >= 4 is 0 Å². The lowest BCUT2D eigenvalue weighted by atomic mass is 9.85. The van der Waals surface area contributed by atoms with Gasteiger partial charge in [0.2, 0.25) is 0 Å². The van der Waals surface area contributed by atoms with Crippen LogP contribution in [0.25, 0.3) is 0 Å². The Bertz CT molecular complexity index is 350. The Hall–Kier alpha value is -0.830. The van der Waals surface area contributed by atoms with Gasteiger partial charge >= 0.3 is 0 Å². The van der Waals surface area contributed by atoms with Gasteiger partial charge in [-0.2, -0.15) is 5.10 Å². The largest absolute Gasteiger partial charge is 0.308 e. The Morgan fingerprint density at radius 3 is 2.82 bits per heavy atom. The minimum Gasteiger partial charge on any atom is -0.308 e. The van der Waals surface area contributed by atoms with Crippen LogP contribution >= 0.6 is 0 Å². The maximum Gasteiger partial charge on any atom is 0.0534 e. The fraction of sp³-hybridized carbons (Fsp3) is 0.786. The van der Waals surface area contributed by atoms with Crippen LogP contribution in [0.2, 0.25) is 0 Å². The average molecular weight is 235 g/mol. The molecule has 0 radical (unpaired) electrons. The van der Waals surface area contributed by atoms with Gasteiger partial charge in [0.05, 0.1) is 6.20 Å². The maximum absolute atomic E-state index is 4.44. The van der Waals surface area contributed by atoms with Crippen LogP contribution in [0.15, 0.2) is 12.4 Å². The maximum atomic E-state index is 4.44. The van der Waals surface area contributed by atoms with Gasteiger partial charge in [-0.25, -0.2) is 0 Å². The molecular weight excluding hydrogens is 210 g/mol. The van der Waals surface area contributed by atoms with Crippen molar-refractivity contribution in [3.8, 4) is 0 Å². The lowest BCUT2D eigenvalue weighted by Gasteiger charge is -2.25. The van der Waals surface area contributed by atoms with Crippen LogP contribution in [-0.2, 0) is 13.1 Å². The molecule has 1 saturated carbocycles. The van der Waals surface area contributed by atoms with Crippen LogP contribution in [0.3, 0.4) is 0 Å². The van der Waals surface area contributed by atoms with Gasteiger partial charge < -0.3 is 5.32 Å². The summed E-state index contributed by atoms with van der Waals surface area (Å²) >= 11 is 0. The van der Waals surface area contributed by atoms with E-state index in [0.717, 1.165) is 25.4 Å². The van der Waals surface area contributed by atoms with E-state index in [1.807, 2.05) is 6.20 Å². The summed E-state index contributed by atoms with van der Waals surface area (Å²) in [4.78, 5) is 0. The SMILES string of the molecule is CCC(C)(C)NCc1cnn(CC2CCC2)c1. The fourth-order valence-corrected chi connectivity index (χ4v) is 2.00. The average Bonchev–Trinajstić information content (AvgIpc) is 2.69. The molecule has 0 amide bonds. The highest BCUT2D eigenvalue weighted by Crippen LogP contribution is 2.27. The molecule has 3 nitrogen and oxygen atoms in total. The van der Waals surface area contributed by atoms with Crippen LogP contribution in [-0.4, -0.2) is 15.3 Å². The van der Waals surface area contributed by atoms with Crippen molar-refractivity contribution in [1.29, 1.82) is 0 Å². The predicted octanol–water partition coefficient (Wildman–Crippen LogP) is 2.96. The lowest BCUT2D eigenvalue weighted by Crippen LogP contribution is -2.37. The van der Waals surface area contributed by atoms with E-state index >= 15 is 0 Å². The molecule has 96 valence electrons. The van der Waals surface area contributed by atoms with Gasteiger partial charge in [-0.15, -0.1) is 0 Å². The molecule has 1 aliphatic carbocycles. The highest BCUT2D eigenvalue weighted by molar-refractivity contribution is 5.04. The summed E-state index contributed by atoms with van der Waals surface area (Å²) in [6.07, 6.45) is 9.51. The molecular formula is C14H25N3. The topological polar surface area (TPSA) is 29.9 Å². The molecule has 1 N–H and O–H groups in total. The first kappa shape index (κ1) is 12.6. The van der Waals surface area contributed by atoms with Crippen molar-refractivity contribution in [2.75, 3.05) is 0 Å². The fourth-order valence-electron chi connectivity index (χ4n) is 2.00. The zero-order chi connectivity index (χ0) is 12.3. The summed E-state index contributed by atoms with van der Waals surface area (Å²) in [5.41, 5.74) is 1.52. The second-order valence-electron chi connectivity index (χ2n) is 5.96. The first-order valence-electron chi connectivity index (χ1n) is 6.85. The molecule has 0 unspecified atom stereocenters. The van der Waals surface area contributed by atoms with E-state index < -0.39 is 0 Å². The molecule has 1 heterocycles. The third-order valence-electron chi connectivity index (χ3n) is 4.01. The second-order valence-corrected chi connectivity index (χ2v) is 5.96. The van der Waals surface area contributed by atoms with Gasteiger partial charge in [0, 0.05) is 30.4 Å². The molecule has 0 bridgehead atoms. The molecule has 1 aliphatic rings. The van der Waals surface area contributed by atoms with Gasteiger partial charge in [0.15, 0.2) is 0 Å². The molecule has 0 spiro atoms. The predicted molar refractivity (Wildman–Crippen MR) is 70.8 cm³/mol. The normalized spacial score (nSPS) is 17.1. The van der Waals surface area contributed by atoms with Crippen molar-refractivity contribution < 1.29 is 0 Å². The van der Waals surface area contributed by atoms with E-state index in [9.17, 15) is 0 Å².